The predicted molar refractivity (Wildman–Crippen MR) is 80.0 cm³/mol. The highest BCUT2D eigenvalue weighted by Crippen LogP contribution is 2.29. The number of benzene rings is 1. The number of halogens is 1. The Morgan fingerprint density at radius 3 is 2.53 bits per heavy atom. The van der Waals surface area contributed by atoms with Gasteiger partial charge in [-0.15, -0.1) is 0 Å². The third-order valence-corrected chi connectivity index (χ3v) is 3.88. The third-order valence-electron chi connectivity index (χ3n) is 3.64. The van der Waals surface area contributed by atoms with Crippen LogP contribution in [-0.2, 0) is 11.2 Å². The van der Waals surface area contributed by atoms with Crippen molar-refractivity contribution in [3.63, 3.8) is 0 Å². The summed E-state index contributed by atoms with van der Waals surface area (Å²) >= 11 is 5.97. The van der Waals surface area contributed by atoms with Gasteiger partial charge in [-0.2, -0.15) is 0 Å². The van der Waals surface area contributed by atoms with E-state index < -0.39 is 0 Å². The Morgan fingerprint density at radius 2 is 2.00 bits per heavy atom. The van der Waals surface area contributed by atoms with E-state index in [-0.39, 0.29) is 11.2 Å². The number of ether oxygens (including phenoxy) is 1. The fourth-order valence-electron chi connectivity index (χ4n) is 1.82. The second kappa shape index (κ2) is 6.42. The molecule has 106 valence electrons. The molecule has 0 saturated heterocycles. The van der Waals surface area contributed by atoms with Crippen molar-refractivity contribution in [3.05, 3.63) is 28.8 Å². The maximum Gasteiger partial charge on any atom is 0.137 e. The van der Waals surface area contributed by atoms with Crippen LogP contribution in [0.4, 0.5) is 0 Å². The standard InChI is InChI=1S/C16H23ClO2/c1-11(16(2,3)4)8-14(18)10-12-9-13(17)6-7-15(12)19-5/h6-7,9,11H,8,10H2,1-5H3. The Hall–Kier alpha value is -1.02. The van der Waals surface area contributed by atoms with E-state index in [1.165, 1.54) is 0 Å². The zero-order valence-corrected chi connectivity index (χ0v) is 13.2. The fourth-order valence-corrected chi connectivity index (χ4v) is 2.01. The Kier molecular flexibility index (Phi) is 5.42. The zero-order valence-electron chi connectivity index (χ0n) is 12.4. The second-order valence-electron chi connectivity index (χ2n) is 6.14. The average molecular weight is 283 g/mol. The summed E-state index contributed by atoms with van der Waals surface area (Å²) in [6.07, 6.45) is 0.962. The molecule has 0 aromatic heterocycles. The first-order chi connectivity index (χ1) is 8.74. The van der Waals surface area contributed by atoms with E-state index in [9.17, 15) is 4.79 Å². The van der Waals surface area contributed by atoms with Gasteiger partial charge in [0.05, 0.1) is 7.11 Å². The molecule has 2 nitrogen and oxygen atoms in total. The van der Waals surface area contributed by atoms with E-state index in [1.807, 2.05) is 0 Å². The van der Waals surface area contributed by atoms with Gasteiger partial charge in [0.25, 0.3) is 0 Å². The van der Waals surface area contributed by atoms with E-state index in [4.69, 9.17) is 16.3 Å². The molecule has 0 saturated carbocycles. The van der Waals surface area contributed by atoms with Gasteiger partial charge < -0.3 is 4.74 Å². The molecule has 19 heavy (non-hydrogen) atoms. The minimum Gasteiger partial charge on any atom is -0.496 e. The van der Waals surface area contributed by atoms with Crippen LogP contribution in [0.15, 0.2) is 18.2 Å². The Bertz CT molecular complexity index is 447. The normalized spacial score (nSPS) is 13.2. The smallest absolute Gasteiger partial charge is 0.137 e. The number of methoxy groups -OCH3 is 1. The average Bonchev–Trinajstić information content (AvgIpc) is 2.27. The highest BCUT2D eigenvalue weighted by molar-refractivity contribution is 6.30. The molecule has 0 aliphatic rings. The van der Waals surface area contributed by atoms with E-state index in [2.05, 4.69) is 27.7 Å². The summed E-state index contributed by atoms with van der Waals surface area (Å²) < 4.78 is 5.26. The maximum atomic E-state index is 12.2. The highest BCUT2D eigenvalue weighted by atomic mass is 35.5. The minimum absolute atomic E-state index is 0.147. The van der Waals surface area contributed by atoms with Crippen molar-refractivity contribution >= 4 is 17.4 Å². The van der Waals surface area contributed by atoms with Crippen LogP contribution in [-0.4, -0.2) is 12.9 Å². The van der Waals surface area contributed by atoms with E-state index in [0.29, 0.717) is 23.8 Å². The molecule has 0 amide bonds. The van der Waals surface area contributed by atoms with Crippen LogP contribution in [0.2, 0.25) is 5.02 Å². The van der Waals surface area contributed by atoms with Crippen molar-refractivity contribution in [2.24, 2.45) is 11.3 Å². The fraction of sp³-hybridized carbons (Fsp3) is 0.562. The number of hydrogen-bond donors (Lipinski definition) is 0. The lowest BCUT2D eigenvalue weighted by Gasteiger charge is -2.26. The van der Waals surface area contributed by atoms with Crippen LogP contribution in [0.25, 0.3) is 0 Å². The predicted octanol–water partition coefficient (Wildman–Crippen LogP) is 4.53. The van der Waals surface area contributed by atoms with Gasteiger partial charge in [0, 0.05) is 23.4 Å². The molecule has 0 radical (unpaired) electrons. The number of Topliss-reactive ketones (excluding diaryl/α,β-unsaturated/α-hetero) is 1. The van der Waals surface area contributed by atoms with Crippen molar-refractivity contribution in [2.75, 3.05) is 7.11 Å². The van der Waals surface area contributed by atoms with E-state index in [1.54, 1.807) is 25.3 Å². The molecule has 1 aromatic carbocycles. The monoisotopic (exact) mass is 282 g/mol. The summed E-state index contributed by atoms with van der Waals surface area (Å²) in [6, 6.07) is 5.38. The number of carbonyl (C=O) groups excluding carboxylic acids is 1. The lowest BCUT2D eigenvalue weighted by Crippen LogP contribution is -2.21. The summed E-state index contributed by atoms with van der Waals surface area (Å²) in [7, 11) is 1.61. The van der Waals surface area contributed by atoms with Crippen molar-refractivity contribution in [1.82, 2.24) is 0 Å². The van der Waals surface area contributed by atoms with Crippen molar-refractivity contribution in [3.8, 4) is 5.75 Å². The minimum atomic E-state index is 0.147. The Morgan fingerprint density at radius 1 is 1.37 bits per heavy atom. The Balaban J connectivity index is 2.75. The van der Waals surface area contributed by atoms with Gasteiger partial charge in [-0.1, -0.05) is 39.3 Å². The molecule has 1 aromatic rings. The van der Waals surface area contributed by atoms with Crippen LogP contribution < -0.4 is 4.74 Å². The van der Waals surface area contributed by atoms with E-state index in [0.717, 1.165) is 11.3 Å². The quantitative estimate of drug-likeness (QED) is 0.793. The maximum absolute atomic E-state index is 12.2. The lowest BCUT2D eigenvalue weighted by molar-refractivity contribution is -0.120. The summed E-state index contributed by atoms with van der Waals surface area (Å²) in [5.74, 6) is 1.30. The SMILES string of the molecule is COc1ccc(Cl)cc1CC(=O)CC(C)C(C)(C)C. The molecule has 0 N–H and O–H groups in total. The zero-order chi connectivity index (χ0) is 14.6. The van der Waals surface area contributed by atoms with Gasteiger partial charge >= 0.3 is 0 Å². The summed E-state index contributed by atoms with van der Waals surface area (Å²) in [5.41, 5.74) is 1.01. The number of ketones is 1. The second-order valence-corrected chi connectivity index (χ2v) is 6.58. The molecule has 1 rings (SSSR count). The van der Waals surface area contributed by atoms with Gasteiger partial charge in [0.1, 0.15) is 11.5 Å². The molecule has 0 bridgehead atoms. The molecule has 1 atom stereocenters. The van der Waals surface area contributed by atoms with Crippen molar-refractivity contribution < 1.29 is 9.53 Å². The molecule has 1 unspecified atom stereocenters. The van der Waals surface area contributed by atoms with Gasteiger partial charge in [-0.3, -0.25) is 4.79 Å². The molecule has 3 heteroatoms. The highest BCUT2D eigenvalue weighted by Gasteiger charge is 2.23. The lowest BCUT2D eigenvalue weighted by atomic mass is 9.79. The summed E-state index contributed by atoms with van der Waals surface area (Å²) in [5, 5.41) is 0.632. The topological polar surface area (TPSA) is 26.3 Å². The molecule has 0 fully saturated rings. The van der Waals surface area contributed by atoms with Crippen LogP contribution in [0.3, 0.4) is 0 Å². The summed E-state index contributed by atoms with van der Waals surface area (Å²) in [6.45, 7) is 8.59. The van der Waals surface area contributed by atoms with Crippen LogP contribution in [0, 0.1) is 11.3 Å². The number of carbonyl (C=O) groups is 1. The van der Waals surface area contributed by atoms with Crippen molar-refractivity contribution in [2.45, 2.75) is 40.5 Å². The third kappa shape index (κ3) is 4.87. The first-order valence-corrected chi connectivity index (χ1v) is 6.96. The summed E-state index contributed by atoms with van der Waals surface area (Å²) in [4.78, 5) is 12.2. The van der Waals surface area contributed by atoms with Gasteiger partial charge in [0.15, 0.2) is 0 Å². The number of hydrogen-bond acceptors (Lipinski definition) is 2. The molecule has 0 spiro atoms. The van der Waals surface area contributed by atoms with Gasteiger partial charge in [-0.25, -0.2) is 0 Å². The van der Waals surface area contributed by atoms with Crippen LogP contribution in [0.1, 0.15) is 39.7 Å². The van der Waals surface area contributed by atoms with E-state index >= 15 is 0 Å². The molecular weight excluding hydrogens is 260 g/mol. The van der Waals surface area contributed by atoms with Gasteiger partial charge in [0.2, 0.25) is 0 Å². The molecule has 0 aliphatic heterocycles. The molecule has 0 heterocycles. The number of rotatable bonds is 5. The molecule has 0 aliphatic carbocycles. The largest absolute Gasteiger partial charge is 0.496 e. The molecular formula is C16H23ClO2. The van der Waals surface area contributed by atoms with Crippen LogP contribution in [0.5, 0.6) is 5.75 Å². The van der Waals surface area contributed by atoms with Crippen LogP contribution >= 0.6 is 11.6 Å². The Labute approximate surface area is 121 Å². The first-order valence-electron chi connectivity index (χ1n) is 6.58. The van der Waals surface area contributed by atoms with Crippen molar-refractivity contribution in [1.29, 1.82) is 0 Å². The van der Waals surface area contributed by atoms with Gasteiger partial charge in [-0.05, 0) is 29.5 Å². The first kappa shape index (κ1) is 16.0.